The number of carbonyl (C=O) groups excluding carboxylic acids is 1. The van der Waals surface area contributed by atoms with E-state index in [1.165, 1.54) is 9.75 Å². The predicted molar refractivity (Wildman–Crippen MR) is 99.3 cm³/mol. The third-order valence-electron chi connectivity index (χ3n) is 4.29. The van der Waals surface area contributed by atoms with Crippen LogP contribution in [0.25, 0.3) is 10.6 Å². The molecule has 2 N–H and O–H groups in total. The van der Waals surface area contributed by atoms with Crippen molar-refractivity contribution in [2.24, 2.45) is 0 Å². The Morgan fingerprint density at radius 2 is 1.96 bits per heavy atom. The molecule has 0 aromatic carbocycles. The van der Waals surface area contributed by atoms with Gasteiger partial charge in [-0.15, -0.1) is 11.3 Å². The van der Waals surface area contributed by atoms with E-state index < -0.39 is 12.1 Å². The zero-order valence-corrected chi connectivity index (χ0v) is 16.7. The maximum absolute atomic E-state index is 12.1. The molecule has 1 amide bonds. The summed E-state index contributed by atoms with van der Waals surface area (Å²) in [7, 11) is 0. The van der Waals surface area contributed by atoms with Gasteiger partial charge >= 0.3 is 12.1 Å². The van der Waals surface area contributed by atoms with Gasteiger partial charge in [0.15, 0.2) is 0 Å². The Bertz CT molecular complexity index is 858. The number of alkyl halides is 3. The van der Waals surface area contributed by atoms with Crippen LogP contribution < -0.4 is 0 Å². The fourth-order valence-electron chi connectivity index (χ4n) is 2.89. The number of rotatable bonds is 3. The number of imidazole rings is 1. The first-order chi connectivity index (χ1) is 12.9. The second kappa shape index (κ2) is 8.34. The lowest BCUT2D eigenvalue weighted by Crippen LogP contribution is -2.31. The zero-order valence-electron chi connectivity index (χ0n) is 15.9. The number of hydrogen-bond acceptors (Lipinski definition) is 4. The number of hydrogen-bond donors (Lipinski definition) is 2. The highest BCUT2D eigenvalue weighted by Crippen LogP contribution is 2.33. The summed E-state index contributed by atoms with van der Waals surface area (Å²) in [5.74, 6) is -1.39. The fraction of sp³-hybridized carbons (Fsp3) is 0.500. The zero-order chi connectivity index (χ0) is 21.2. The minimum absolute atomic E-state index is 0.188. The molecule has 2 aromatic heterocycles. The van der Waals surface area contributed by atoms with Crippen LogP contribution in [0.4, 0.5) is 13.2 Å². The number of H-pyrrole nitrogens is 1. The highest BCUT2D eigenvalue weighted by atomic mass is 32.1. The number of aliphatic carboxylic acids is 1. The number of likely N-dealkylation sites (tertiary alicyclic amines) is 1. The Morgan fingerprint density at radius 1 is 1.36 bits per heavy atom. The maximum Gasteiger partial charge on any atom is 0.490 e. The van der Waals surface area contributed by atoms with Crippen LogP contribution in [0.3, 0.4) is 0 Å². The average Bonchev–Trinajstić information content (AvgIpc) is 3.25. The summed E-state index contributed by atoms with van der Waals surface area (Å²) >= 11 is 1.76. The van der Waals surface area contributed by atoms with Gasteiger partial charge in [-0.3, -0.25) is 4.79 Å². The van der Waals surface area contributed by atoms with Crippen LogP contribution in [-0.4, -0.2) is 50.6 Å². The molecule has 2 aromatic rings. The molecule has 0 radical (unpaired) electrons. The Labute approximate surface area is 164 Å². The van der Waals surface area contributed by atoms with Crippen LogP contribution in [0, 0.1) is 13.8 Å². The lowest BCUT2D eigenvalue weighted by atomic mass is 10.1. The largest absolute Gasteiger partial charge is 0.490 e. The molecule has 1 aliphatic heterocycles. The van der Waals surface area contributed by atoms with Gasteiger partial charge in [0.2, 0.25) is 5.91 Å². The average molecular weight is 417 g/mol. The molecule has 154 valence electrons. The van der Waals surface area contributed by atoms with Gasteiger partial charge in [0, 0.05) is 35.5 Å². The van der Waals surface area contributed by atoms with Crippen LogP contribution in [0.15, 0.2) is 12.1 Å². The normalized spacial score (nSPS) is 17.1. The Morgan fingerprint density at radius 3 is 2.39 bits per heavy atom. The van der Waals surface area contributed by atoms with Crippen molar-refractivity contribution in [3.63, 3.8) is 0 Å². The number of carboxylic acid groups (broad SMARTS) is 1. The number of carbonyl (C=O) groups is 2. The summed E-state index contributed by atoms with van der Waals surface area (Å²) in [6.45, 7) is 9.05. The number of carboxylic acids is 1. The molecule has 6 nitrogen and oxygen atoms in total. The summed E-state index contributed by atoms with van der Waals surface area (Å²) in [6, 6.07) is 4.50. The number of aryl methyl sites for hydroxylation is 2. The predicted octanol–water partition coefficient (Wildman–Crippen LogP) is 4.11. The molecule has 1 unspecified atom stereocenters. The highest BCUT2D eigenvalue weighted by molar-refractivity contribution is 7.15. The minimum Gasteiger partial charge on any atom is -0.475 e. The summed E-state index contributed by atoms with van der Waals surface area (Å²) in [4.78, 5) is 33.5. The van der Waals surface area contributed by atoms with Gasteiger partial charge in [-0.1, -0.05) is 0 Å². The van der Waals surface area contributed by atoms with Gasteiger partial charge in [0.25, 0.3) is 0 Å². The third kappa shape index (κ3) is 5.12. The monoisotopic (exact) mass is 417 g/mol. The number of nitrogens with zero attached hydrogens (tertiary/aromatic N) is 2. The van der Waals surface area contributed by atoms with Gasteiger partial charge in [-0.25, -0.2) is 9.78 Å². The SMILES string of the molecule is Cc1ccc(-c2nc(C3CC(=O)N(C(C)C)C3)[nH]c2C)s1.O=C(O)C(F)(F)F. The van der Waals surface area contributed by atoms with E-state index in [0.717, 1.165) is 23.8 Å². The van der Waals surface area contributed by atoms with E-state index in [2.05, 4.69) is 44.8 Å². The molecule has 10 heteroatoms. The second-order valence-electron chi connectivity index (χ2n) is 6.85. The van der Waals surface area contributed by atoms with E-state index in [4.69, 9.17) is 14.9 Å². The third-order valence-corrected chi connectivity index (χ3v) is 5.30. The molecular formula is C18H22F3N3O3S. The maximum atomic E-state index is 12.1. The quantitative estimate of drug-likeness (QED) is 0.787. The van der Waals surface area contributed by atoms with E-state index in [9.17, 15) is 18.0 Å². The van der Waals surface area contributed by atoms with Gasteiger partial charge < -0.3 is 15.0 Å². The number of amides is 1. The first-order valence-corrected chi connectivity index (χ1v) is 9.44. The van der Waals surface area contributed by atoms with Crippen molar-refractivity contribution >= 4 is 23.2 Å². The van der Waals surface area contributed by atoms with Crippen molar-refractivity contribution < 1.29 is 27.9 Å². The first kappa shape index (κ1) is 21.9. The topological polar surface area (TPSA) is 86.3 Å². The Balaban J connectivity index is 0.000000345. The smallest absolute Gasteiger partial charge is 0.475 e. The molecular weight excluding hydrogens is 395 g/mol. The van der Waals surface area contributed by atoms with Crippen LogP contribution in [0.2, 0.25) is 0 Å². The van der Waals surface area contributed by atoms with E-state index in [-0.39, 0.29) is 17.9 Å². The minimum atomic E-state index is -5.08. The van der Waals surface area contributed by atoms with Crippen molar-refractivity contribution in [2.75, 3.05) is 6.54 Å². The number of thiophene rings is 1. The first-order valence-electron chi connectivity index (χ1n) is 8.63. The standard InChI is InChI=1S/C16H21N3OS.C2HF3O2/c1-9(2)19-8-12(7-14(19)20)16-17-11(4)15(18-16)13-6-5-10(3)21-13;3-2(4,5)1(6)7/h5-6,9,12H,7-8H2,1-4H3,(H,17,18);(H,6,7). The molecule has 1 saturated heterocycles. The molecule has 0 saturated carbocycles. The van der Waals surface area contributed by atoms with Gasteiger partial charge in [-0.05, 0) is 39.8 Å². The van der Waals surface area contributed by atoms with Gasteiger partial charge in [0.05, 0.1) is 4.88 Å². The molecule has 0 spiro atoms. The number of aromatic nitrogens is 2. The Hall–Kier alpha value is -2.36. The second-order valence-corrected chi connectivity index (χ2v) is 8.14. The molecule has 0 aliphatic carbocycles. The number of aromatic amines is 1. The molecule has 1 atom stereocenters. The molecule has 1 fully saturated rings. The van der Waals surface area contributed by atoms with E-state index in [1.54, 1.807) is 11.3 Å². The van der Waals surface area contributed by atoms with Crippen LogP contribution >= 0.6 is 11.3 Å². The number of halogens is 3. The van der Waals surface area contributed by atoms with Crippen molar-refractivity contribution in [2.45, 2.75) is 52.3 Å². The fourth-order valence-corrected chi connectivity index (χ4v) is 3.81. The van der Waals surface area contributed by atoms with Gasteiger partial charge in [0.1, 0.15) is 11.5 Å². The van der Waals surface area contributed by atoms with Crippen molar-refractivity contribution in [1.82, 2.24) is 14.9 Å². The van der Waals surface area contributed by atoms with Crippen molar-refractivity contribution in [3.8, 4) is 10.6 Å². The van der Waals surface area contributed by atoms with Crippen molar-refractivity contribution in [3.05, 3.63) is 28.5 Å². The van der Waals surface area contributed by atoms with E-state index in [1.807, 2.05) is 4.90 Å². The number of nitrogens with one attached hydrogen (secondary N) is 1. The van der Waals surface area contributed by atoms with E-state index >= 15 is 0 Å². The summed E-state index contributed by atoms with van der Waals surface area (Å²) in [6.07, 6.45) is -4.52. The van der Waals surface area contributed by atoms with Crippen molar-refractivity contribution in [1.29, 1.82) is 0 Å². The molecule has 3 rings (SSSR count). The highest BCUT2D eigenvalue weighted by Gasteiger charge is 2.38. The summed E-state index contributed by atoms with van der Waals surface area (Å²) in [5.41, 5.74) is 2.11. The molecule has 28 heavy (non-hydrogen) atoms. The molecule has 0 bridgehead atoms. The summed E-state index contributed by atoms with van der Waals surface area (Å²) in [5, 5.41) is 7.12. The summed E-state index contributed by atoms with van der Waals surface area (Å²) < 4.78 is 31.7. The Kier molecular flexibility index (Phi) is 6.53. The van der Waals surface area contributed by atoms with Crippen LogP contribution in [0.1, 0.15) is 42.6 Å². The molecule has 3 heterocycles. The van der Waals surface area contributed by atoms with Crippen LogP contribution in [-0.2, 0) is 9.59 Å². The van der Waals surface area contributed by atoms with Gasteiger partial charge in [-0.2, -0.15) is 13.2 Å². The van der Waals surface area contributed by atoms with Crippen LogP contribution in [0.5, 0.6) is 0 Å². The molecule has 1 aliphatic rings. The lowest BCUT2D eigenvalue weighted by Gasteiger charge is -2.20. The lowest BCUT2D eigenvalue weighted by molar-refractivity contribution is -0.192. The van der Waals surface area contributed by atoms with E-state index in [0.29, 0.717) is 6.42 Å².